The first-order valence-corrected chi connectivity index (χ1v) is 5.82. The number of carbonyl (C=O) groups is 1. The molecule has 1 fully saturated rings. The normalized spacial score (nSPS) is 21.4. The van der Waals surface area contributed by atoms with Crippen molar-refractivity contribution in [3.63, 3.8) is 0 Å². The van der Waals surface area contributed by atoms with Crippen LogP contribution in [0.15, 0.2) is 10.6 Å². The average Bonchev–Trinajstić information content (AvgIpc) is 2.63. The van der Waals surface area contributed by atoms with Crippen molar-refractivity contribution in [3.05, 3.63) is 11.8 Å². The Morgan fingerprint density at radius 3 is 3.24 bits per heavy atom. The Kier molecular flexibility index (Phi) is 3.75. The van der Waals surface area contributed by atoms with Crippen LogP contribution in [0.5, 0.6) is 0 Å². The van der Waals surface area contributed by atoms with Gasteiger partial charge >= 0.3 is 0 Å². The van der Waals surface area contributed by atoms with Crippen LogP contribution >= 0.6 is 0 Å². The molecule has 6 heteroatoms. The number of nitrogens with one attached hydrogen (secondary N) is 2. The first kappa shape index (κ1) is 12.1. The second-order valence-electron chi connectivity index (χ2n) is 4.47. The van der Waals surface area contributed by atoms with E-state index in [-0.39, 0.29) is 5.91 Å². The largest absolute Gasteiger partial charge is 0.338 e. The number of rotatable bonds is 3. The molecule has 1 amide bonds. The number of anilines is 1. The quantitative estimate of drug-likeness (QED) is 0.788. The van der Waals surface area contributed by atoms with Crippen molar-refractivity contribution < 1.29 is 9.32 Å². The maximum Gasteiger partial charge on any atom is 0.240 e. The van der Waals surface area contributed by atoms with Crippen LogP contribution < -0.4 is 10.6 Å². The highest BCUT2D eigenvalue weighted by molar-refractivity contribution is 5.90. The summed E-state index contributed by atoms with van der Waals surface area (Å²) in [5.41, 5.74) is 0.760. The Labute approximate surface area is 100 Å². The number of carbonyl (C=O) groups excluding carboxylic acids is 1. The molecule has 6 nitrogen and oxygen atoms in total. The van der Waals surface area contributed by atoms with Gasteiger partial charge in [0.25, 0.3) is 0 Å². The van der Waals surface area contributed by atoms with E-state index in [1.165, 1.54) is 0 Å². The summed E-state index contributed by atoms with van der Waals surface area (Å²) in [6.07, 6.45) is 0. The number of hydrogen-bond donors (Lipinski definition) is 2. The molecular weight excluding hydrogens is 220 g/mol. The molecule has 0 aliphatic carbocycles. The number of piperazine rings is 1. The van der Waals surface area contributed by atoms with Crippen molar-refractivity contribution in [1.82, 2.24) is 15.4 Å². The lowest BCUT2D eigenvalue weighted by Crippen LogP contribution is -2.51. The SMILES string of the molecule is Cc1cc(NC(=O)CN2CCN[C@@H](C)C2)on1. The molecule has 1 atom stereocenters. The third-order valence-corrected chi connectivity index (χ3v) is 2.71. The van der Waals surface area contributed by atoms with Crippen LogP contribution in [-0.4, -0.2) is 48.2 Å². The predicted octanol–water partition coefficient (Wildman–Crippen LogP) is 0.215. The molecule has 1 aliphatic heterocycles. The maximum atomic E-state index is 11.7. The molecule has 2 heterocycles. The topological polar surface area (TPSA) is 70.4 Å². The number of amides is 1. The highest BCUT2D eigenvalue weighted by atomic mass is 16.5. The molecule has 2 N–H and O–H groups in total. The van der Waals surface area contributed by atoms with Crippen molar-refractivity contribution in [3.8, 4) is 0 Å². The highest BCUT2D eigenvalue weighted by Crippen LogP contribution is 2.08. The van der Waals surface area contributed by atoms with Crippen LogP contribution in [0.25, 0.3) is 0 Å². The fourth-order valence-corrected chi connectivity index (χ4v) is 1.96. The Morgan fingerprint density at radius 2 is 2.59 bits per heavy atom. The summed E-state index contributed by atoms with van der Waals surface area (Å²) >= 11 is 0. The molecule has 1 aromatic rings. The standard InChI is InChI=1S/C11H18N4O2/c1-8-5-11(17-14-8)13-10(16)7-15-4-3-12-9(2)6-15/h5,9,12H,3-4,6-7H2,1-2H3,(H,13,16)/t9-/m0/s1. The molecule has 94 valence electrons. The molecule has 0 bridgehead atoms. The predicted molar refractivity (Wildman–Crippen MR) is 63.8 cm³/mol. The first-order valence-electron chi connectivity index (χ1n) is 5.82. The maximum absolute atomic E-state index is 11.7. The van der Waals surface area contributed by atoms with Crippen molar-refractivity contribution in [2.75, 3.05) is 31.5 Å². The Morgan fingerprint density at radius 1 is 1.76 bits per heavy atom. The van der Waals surface area contributed by atoms with Gasteiger partial charge in [0, 0.05) is 31.7 Å². The van der Waals surface area contributed by atoms with E-state index in [0.717, 1.165) is 25.3 Å². The van der Waals surface area contributed by atoms with Gasteiger partial charge in [-0.15, -0.1) is 0 Å². The summed E-state index contributed by atoms with van der Waals surface area (Å²) in [6, 6.07) is 2.14. The Balaban J connectivity index is 1.80. The lowest BCUT2D eigenvalue weighted by molar-refractivity contribution is -0.117. The molecule has 0 unspecified atom stereocenters. The van der Waals surface area contributed by atoms with E-state index in [1.807, 2.05) is 6.92 Å². The van der Waals surface area contributed by atoms with Crippen molar-refractivity contribution in [2.24, 2.45) is 0 Å². The average molecular weight is 238 g/mol. The lowest BCUT2D eigenvalue weighted by atomic mass is 10.2. The number of aromatic nitrogens is 1. The van der Waals surface area contributed by atoms with Gasteiger partial charge in [0.2, 0.25) is 11.8 Å². The zero-order chi connectivity index (χ0) is 12.3. The second kappa shape index (κ2) is 5.29. The van der Waals surface area contributed by atoms with Gasteiger partial charge in [-0.2, -0.15) is 0 Å². The van der Waals surface area contributed by atoms with Gasteiger partial charge < -0.3 is 9.84 Å². The van der Waals surface area contributed by atoms with Gasteiger partial charge in [0.15, 0.2) is 0 Å². The molecule has 0 aromatic carbocycles. The summed E-state index contributed by atoms with van der Waals surface area (Å²) < 4.78 is 4.93. The van der Waals surface area contributed by atoms with Gasteiger partial charge in [0.05, 0.1) is 12.2 Å². The van der Waals surface area contributed by atoms with Crippen LogP contribution in [0.4, 0.5) is 5.88 Å². The van der Waals surface area contributed by atoms with Crippen molar-refractivity contribution in [1.29, 1.82) is 0 Å². The van der Waals surface area contributed by atoms with Gasteiger partial charge in [-0.25, -0.2) is 0 Å². The summed E-state index contributed by atoms with van der Waals surface area (Å²) in [7, 11) is 0. The molecule has 0 spiro atoms. The van der Waals surface area contributed by atoms with E-state index in [9.17, 15) is 4.79 Å². The minimum absolute atomic E-state index is 0.0600. The minimum atomic E-state index is -0.0600. The minimum Gasteiger partial charge on any atom is -0.338 e. The van der Waals surface area contributed by atoms with Crippen LogP contribution in [0, 0.1) is 6.92 Å². The first-order chi connectivity index (χ1) is 8.13. The van der Waals surface area contributed by atoms with E-state index in [2.05, 4.69) is 27.6 Å². The number of aryl methyl sites for hydroxylation is 1. The highest BCUT2D eigenvalue weighted by Gasteiger charge is 2.18. The molecule has 0 saturated carbocycles. The van der Waals surface area contributed by atoms with Crippen LogP contribution in [0.3, 0.4) is 0 Å². The van der Waals surface area contributed by atoms with E-state index in [0.29, 0.717) is 18.5 Å². The number of hydrogen-bond acceptors (Lipinski definition) is 5. The Bertz CT molecular complexity index is 391. The van der Waals surface area contributed by atoms with E-state index in [4.69, 9.17) is 4.52 Å². The molecule has 17 heavy (non-hydrogen) atoms. The van der Waals surface area contributed by atoms with Crippen molar-refractivity contribution in [2.45, 2.75) is 19.9 Å². The van der Waals surface area contributed by atoms with Crippen molar-refractivity contribution >= 4 is 11.8 Å². The fourth-order valence-electron chi connectivity index (χ4n) is 1.96. The fraction of sp³-hybridized carbons (Fsp3) is 0.636. The number of nitrogens with zero attached hydrogens (tertiary/aromatic N) is 2. The third-order valence-electron chi connectivity index (χ3n) is 2.71. The van der Waals surface area contributed by atoms with Crippen LogP contribution in [-0.2, 0) is 4.79 Å². The summed E-state index contributed by atoms with van der Waals surface area (Å²) in [5.74, 6) is 0.353. The smallest absolute Gasteiger partial charge is 0.240 e. The molecule has 0 radical (unpaired) electrons. The molecule has 2 rings (SSSR count). The zero-order valence-corrected chi connectivity index (χ0v) is 10.2. The van der Waals surface area contributed by atoms with Gasteiger partial charge in [0.1, 0.15) is 0 Å². The Hall–Kier alpha value is -1.40. The van der Waals surface area contributed by atoms with E-state index in [1.54, 1.807) is 6.07 Å². The monoisotopic (exact) mass is 238 g/mol. The van der Waals surface area contributed by atoms with Gasteiger partial charge in [-0.3, -0.25) is 15.0 Å². The van der Waals surface area contributed by atoms with Gasteiger partial charge in [-0.1, -0.05) is 5.16 Å². The molecule has 1 saturated heterocycles. The van der Waals surface area contributed by atoms with Crippen LogP contribution in [0.2, 0.25) is 0 Å². The lowest BCUT2D eigenvalue weighted by Gasteiger charge is -2.30. The summed E-state index contributed by atoms with van der Waals surface area (Å²) in [4.78, 5) is 13.9. The van der Waals surface area contributed by atoms with Gasteiger partial charge in [-0.05, 0) is 13.8 Å². The summed E-state index contributed by atoms with van der Waals surface area (Å²) in [6.45, 7) is 7.04. The second-order valence-corrected chi connectivity index (χ2v) is 4.47. The van der Waals surface area contributed by atoms with Crippen LogP contribution in [0.1, 0.15) is 12.6 Å². The summed E-state index contributed by atoms with van der Waals surface area (Å²) in [5, 5.41) is 9.75. The zero-order valence-electron chi connectivity index (χ0n) is 10.2. The van der Waals surface area contributed by atoms with E-state index >= 15 is 0 Å². The van der Waals surface area contributed by atoms with E-state index < -0.39 is 0 Å². The third kappa shape index (κ3) is 3.54. The molecule has 1 aliphatic rings. The molecule has 1 aromatic heterocycles. The molecular formula is C11H18N4O2.